The van der Waals surface area contributed by atoms with Crippen LogP contribution in [0.4, 0.5) is 5.69 Å². The van der Waals surface area contributed by atoms with Crippen LogP contribution in [0.5, 0.6) is 0 Å². The zero-order valence-electron chi connectivity index (χ0n) is 19.9. The van der Waals surface area contributed by atoms with Gasteiger partial charge in [-0.05, 0) is 75.3 Å². The van der Waals surface area contributed by atoms with E-state index in [1.165, 1.54) is 5.69 Å². The molecule has 0 amide bonds. The lowest BCUT2D eigenvalue weighted by molar-refractivity contribution is -0.117. The number of carbonyl (C=O) groups excluding carboxylic acids is 1. The predicted molar refractivity (Wildman–Crippen MR) is 143 cm³/mol. The lowest BCUT2D eigenvalue weighted by Crippen LogP contribution is -2.45. The normalized spacial score (nSPS) is 24.3. The second-order valence-corrected chi connectivity index (χ2v) is 10.8. The van der Waals surface area contributed by atoms with Crippen LogP contribution in [0.25, 0.3) is 5.70 Å². The Kier molecular flexibility index (Phi) is 6.93. The minimum atomic E-state index is 0.0269. The highest BCUT2D eigenvalue weighted by Crippen LogP contribution is 2.41. The first kappa shape index (κ1) is 24.4. The summed E-state index contributed by atoms with van der Waals surface area (Å²) in [5, 5.41) is 8.71. The van der Waals surface area contributed by atoms with Crippen LogP contribution in [0.2, 0.25) is 10.0 Å². The Hall–Kier alpha value is -2.34. The summed E-state index contributed by atoms with van der Waals surface area (Å²) in [5.74, 6) is 0.0829. The molecule has 5 rings (SSSR count). The Morgan fingerprint density at radius 2 is 1.63 bits per heavy atom. The van der Waals surface area contributed by atoms with Gasteiger partial charge in [-0.25, -0.2) is 0 Å². The number of halogens is 2. The van der Waals surface area contributed by atoms with Gasteiger partial charge in [0.15, 0.2) is 5.78 Å². The van der Waals surface area contributed by atoms with E-state index in [0.29, 0.717) is 44.7 Å². The third-order valence-corrected chi connectivity index (χ3v) is 8.18. The summed E-state index contributed by atoms with van der Waals surface area (Å²) in [6.07, 6.45) is 5.96. The fraction of sp³-hybridized carbons (Fsp3) is 0.429. The van der Waals surface area contributed by atoms with Crippen LogP contribution in [0, 0.1) is 11.3 Å². The van der Waals surface area contributed by atoms with Gasteiger partial charge in [0.25, 0.3) is 0 Å². The molecule has 2 atom stereocenters. The Labute approximate surface area is 216 Å². The highest BCUT2D eigenvalue weighted by atomic mass is 35.5. The van der Waals surface area contributed by atoms with Crippen molar-refractivity contribution >= 4 is 46.1 Å². The maximum atomic E-state index is 13.1. The van der Waals surface area contributed by atoms with Gasteiger partial charge in [0.1, 0.15) is 0 Å². The van der Waals surface area contributed by atoms with Crippen molar-refractivity contribution in [3.63, 3.8) is 0 Å². The number of hydrogen-bond acceptors (Lipinski definition) is 5. The topological polar surface area (TPSA) is 79.4 Å². The maximum absolute atomic E-state index is 13.1. The van der Waals surface area contributed by atoms with Crippen molar-refractivity contribution in [2.75, 3.05) is 11.5 Å². The highest BCUT2D eigenvalue weighted by molar-refractivity contribution is 6.37. The average molecular weight is 512 g/mol. The molecule has 2 saturated heterocycles. The molecule has 3 aliphatic rings. The molecule has 7 heteroatoms. The molecule has 2 aliphatic heterocycles. The molecule has 35 heavy (non-hydrogen) atoms. The van der Waals surface area contributed by atoms with Crippen LogP contribution in [0.3, 0.4) is 0 Å². The number of fused-ring (bicyclic) bond motifs is 2. The van der Waals surface area contributed by atoms with Crippen molar-refractivity contribution in [3.05, 3.63) is 69.2 Å². The number of carbonyl (C=O) groups is 1. The molecule has 0 aromatic heterocycles. The number of piperidine rings is 1. The van der Waals surface area contributed by atoms with E-state index in [1.54, 1.807) is 18.2 Å². The van der Waals surface area contributed by atoms with Crippen LogP contribution >= 0.6 is 23.2 Å². The van der Waals surface area contributed by atoms with E-state index in [0.717, 1.165) is 44.1 Å². The zero-order chi connectivity index (χ0) is 24.7. The maximum Gasteiger partial charge on any atom is 0.166 e. The molecule has 184 valence electrons. The second-order valence-electron chi connectivity index (χ2n) is 10.00. The zero-order valence-corrected chi connectivity index (χ0v) is 21.4. The van der Waals surface area contributed by atoms with Gasteiger partial charge in [-0.3, -0.25) is 4.79 Å². The number of nitrogens with one attached hydrogen (secondary N) is 1. The van der Waals surface area contributed by atoms with Gasteiger partial charge < -0.3 is 20.8 Å². The van der Waals surface area contributed by atoms with Crippen molar-refractivity contribution in [2.24, 2.45) is 11.7 Å². The number of hydrogen-bond donors (Lipinski definition) is 2. The van der Waals surface area contributed by atoms with E-state index in [2.05, 4.69) is 17.0 Å². The first-order chi connectivity index (χ1) is 16.8. The summed E-state index contributed by atoms with van der Waals surface area (Å²) in [4.78, 5) is 15.7. The molecular weight excluding hydrogens is 481 g/mol. The molecule has 5 nitrogen and oxygen atoms in total. The predicted octanol–water partition coefficient (Wildman–Crippen LogP) is 6.25. The number of nitrogens with zero attached hydrogens (tertiary/aromatic N) is 1. The van der Waals surface area contributed by atoms with Gasteiger partial charge in [-0.2, -0.15) is 0 Å². The van der Waals surface area contributed by atoms with Gasteiger partial charge in [-0.15, -0.1) is 0 Å². The molecular formula is C28H31Cl2N3O2. The minimum absolute atomic E-state index is 0.0269. The summed E-state index contributed by atoms with van der Waals surface area (Å²) in [6.45, 7) is 1.99. The van der Waals surface area contributed by atoms with Gasteiger partial charge in [0.2, 0.25) is 0 Å². The van der Waals surface area contributed by atoms with Crippen LogP contribution in [0.15, 0.2) is 48.0 Å². The highest BCUT2D eigenvalue weighted by Gasteiger charge is 2.42. The van der Waals surface area contributed by atoms with Gasteiger partial charge >= 0.3 is 0 Å². The minimum Gasteiger partial charge on any atom is -0.398 e. The molecule has 2 heterocycles. The molecule has 2 bridgehead atoms. The molecule has 1 saturated carbocycles. The second kappa shape index (κ2) is 9.96. The molecule has 2 unspecified atom stereocenters. The summed E-state index contributed by atoms with van der Waals surface area (Å²) in [5.41, 5.74) is 10.6. The SMILES string of the molecule is CC(=N)c1ccc(N2C3CCC2CC(OCC(C(=O)C2CC2)=C(N)c2c(Cl)cccc2Cl)C3)cc1. The first-order valence-electron chi connectivity index (χ1n) is 12.4. The van der Waals surface area contributed by atoms with Crippen molar-refractivity contribution in [1.82, 2.24) is 0 Å². The number of rotatable bonds is 8. The lowest BCUT2D eigenvalue weighted by Gasteiger charge is -2.40. The third kappa shape index (κ3) is 5.00. The average Bonchev–Trinajstić information content (AvgIpc) is 3.64. The van der Waals surface area contributed by atoms with Gasteiger partial charge in [0.05, 0.1) is 28.5 Å². The number of ketones is 1. The van der Waals surface area contributed by atoms with Crippen molar-refractivity contribution in [1.29, 1.82) is 5.41 Å². The fourth-order valence-corrected chi connectivity index (χ4v) is 6.15. The molecule has 3 N–H and O–H groups in total. The number of benzene rings is 2. The Balaban J connectivity index is 1.31. The number of ether oxygens (including phenoxy) is 1. The molecule has 2 aromatic carbocycles. The van der Waals surface area contributed by atoms with E-state index in [4.69, 9.17) is 39.1 Å². The van der Waals surface area contributed by atoms with E-state index in [1.807, 2.05) is 19.1 Å². The Morgan fingerprint density at radius 3 is 2.17 bits per heavy atom. The van der Waals surface area contributed by atoms with Crippen molar-refractivity contribution < 1.29 is 9.53 Å². The smallest absolute Gasteiger partial charge is 0.166 e. The molecule has 0 spiro atoms. The summed E-state index contributed by atoms with van der Waals surface area (Å²) in [7, 11) is 0. The lowest BCUT2D eigenvalue weighted by atomic mass is 9.97. The monoisotopic (exact) mass is 511 g/mol. The Bertz CT molecular complexity index is 1140. The summed E-state index contributed by atoms with van der Waals surface area (Å²) >= 11 is 12.8. The molecule has 3 fully saturated rings. The van der Waals surface area contributed by atoms with Gasteiger partial charge in [-0.1, -0.05) is 41.4 Å². The molecule has 2 aromatic rings. The fourth-order valence-electron chi connectivity index (χ4n) is 5.55. The van der Waals surface area contributed by atoms with E-state index >= 15 is 0 Å². The van der Waals surface area contributed by atoms with Crippen LogP contribution in [-0.4, -0.2) is 36.3 Å². The number of Topliss-reactive ketones (excluding diaryl/α,β-unsaturated/α-hetero) is 1. The first-order valence-corrected chi connectivity index (χ1v) is 13.1. The number of anilines is 1. The number of nitrogens with two attached hydrogens (primary N) is 1. The van der Waals surface area contributed by atoms with Crippen molar-refractivity contribution in [3.8, 4) is 0 Å². The molecule has 1 aliphatic carbocycles. The van der Waals surface area contributed by atoms with Crippen LogP contribution in [-0.2, 0) is 9.53 Å². The van der Waals surface area contributed by atoms with Crippen LogP contribution < -0.4 is 10.6 Å². The van der Waals surface area contributed by atoms with E-state index in [-0.39, 0.29) is 24.4 Å². The standard InChI is InChI=1S/C28H31Cl2N3O2/c1-16(31)17-7-9-19(10-8-17)33-20-11-12-21(33)14-22(13-20)35-15-23(28(34)18-5-6-18)27(32)26-24(29)3-2-4-25(26)30/h2-4,7-10,18,20-22,31H,5-6,11-15,32H2,1H3. The third-order valence-electron chi connectivity index (χ3n) is 7.55. The summed E-state index contributed by atoms with van der Waals surface area (Å²) in [6, 6.07) is 14.4. The van der Waals surface area contributed by atoms with Crippen LogP contribution in [0.1, 0.15) is 56.6 Å². The van der Waals surface area contributed by atoms with Crippen molar-refractivity contribution in [2.45, 2.75) is 63.6 Å². The summed E-state index contributed by atoms with van der Waals surface area (Å²) < 4.78 is 6.38. The van der Waals surface area contributed by atoms with Gasteiger partial charge in [0, 0.05) is 40.5 Å². The quantitative estimate of drug-likeness (QED) is 0.324. The Morgan fingerprint density at radius 1 is 1.03 bits per heavy atom. The van der Waals surface area contributed by atoms with E-state index in [9.17, 15) is 4.79 Å². The molecule has 0 radical (unpaired) electrons. The largest absolute Gasteiger partial charge is 0.398 e. The van der Waals surface area contributed by atoms with E-state index < -0.39 is 0 Å².